The van der Waals surface area contributed by atoms with Gasteiger partial charge in [0.25, 0.3) is 5.91 Å². The van der Waals surface area contributed by atoms with Crippen LogP contribution in [0.2, 0.25) is 0 Å². The van der Waals surface area contributed by atoms with Gasteiger partial charge in [-0.1, -0.05) is 42.5 Å². The fourth-order valence-electron chi connectivity index (χ4n) is 4.63. The van der Waals surface area contributed by atoms with E-state index in [2.05, 4.69) is 40.6 Å². The van der Waals surface area contributed by atoms with Crippen LogP contribution in [0.25, 0.3) is 11.1 Å². The van der Waals surface area contributed by atoms with Gasteiger partial charge in [0.05, 0.1) is 19.8 Å². The van der Waals surface area contributed by atoms with Crippen LogP contribution >= 0.6 is 0 Å². The zero-order valence-electron chi connectivity index (χ0n) is 18.2. The molecule has 4 rings (SSSR count). The van der Waals surface area contributed by atoms with Gasteiger partial charge in [-0.3, -0.25) is 4.79 Å². The van der Waals surface area contributed by atoms with Crippen molar-refractivity contribution in [1.29, 1.82) is 0 Å². The Kier molecular flexibility index (Phi) is 6.60. The Bertz CT molecular complexity index is 1000. The lowest BCUT2D eigenvalue weighted by Gasteiger charge is -2.29. The number of aromatic amines is 1. The summed E-state index contributed by atoms with van der Waals surface area (Å²) in [5.74, 6) is 2.37. The number of carbonyl (C=O) groups excluding carboxylic acids is 1. The predicted octanol–water partition coefficient (Wildman–Crippen LogP) is 5.40. The molecule has 0 radical (unpaired) electrons. The molecule has 1 heterocycles. The van der Waals surface area contributed by atoms with Gasteiger partial charge in [0.15, 0.2) is 11.5 Å². The van der Waals surface area contributed by atoms with Crippen LogP contribution in [-0.2, 0) is 0 Å². The first-order chi connectivity index (χ1) is 15.2. The maximum absolute atomic E-state index is 13.0. The van der Waals surface area contributed by atoms with Crippen LogP contribution in [-0.4, -0.2) is 31.7 Å². The van der Waals surface area contributed by atoms with Crippen molar-refractivity contribution in [1.82, 2.24) is 10.3 Å². The Labute approximate surface area is 183 Å². The number of nitrogens with one attached hydrogen (secondary N) is 2. The summed E-state index contributed by atoms with van der Waals surface area (Å²) in [6.07, 6.45) is 8.22. The third kappa shape index (κ3) is 4.61. The fourth-order valence-corrected chi connectivity index (χ4v) is 4.63. The van der Waals surface area contributed by atoms with Gasteiger partial charge >= 0.3 is 0 Å². The van der Waals surface area contributed by atoms with E-state index in [4.69, 9.17) is 9.47 Å². The standard InChI is InChI=1S/C26H30N2O3/c1-30-24-10-6-9-21(25(24)31-2)22-16-27-17-23(22)26(29)28-15-18-11-13-20(14-12-18)19-7-4-3-5-8-19/h3-10,16-18,20,27H,11-15H2,1-2H3,(H,28,29). The molecule has 0 unspecified atom stereocenters. The molecule has 1 aliphatic rings. The van der Waals surface area contributed by atoms with Crippen molar-refractivity contribution in [2.75, 3.05) is 20.8 Å². The van der Waals surface area contributed by atoms with E-state index in [-0.39, 0.29) is 5.91 Å². The number of H-pyrrole nitrogens is 1. The summed E-state index contributed by atoms with van der Waals surface area (Å²) in [4.78, 5) is 16.1. The number of rotatable bonds is 7. The Hall–Kier alpha value is -3.21. The zero-order chi connectivity index (χ0) is 21.6. The van der Waals surface area contributed by atoms with Gasteiger partial charge in [0.1, 0.15) is 0 Å². The van der Waals surface area contributed by atoms with Crippen LogP contribution in [0.15, 0.2) is 60.9 Å². The Morgan fingerprint density at radius 3 is 2.42 bits per heavy atom. The lowest BCUT2D eigenvalue weighted by molar-refractivity contribution is 0.0943. The molecule has 1 fully saturated rings. The maximum Gasteiger partial charge on any atom is 0.253 e. The minimum Gasteiger partial charge on any atom is -0.493 e. The average Bonchev–Trinajstić information content (AvgIpc) is 3.32. The van der Waals surface area contributed by atoms with Crippen LogP contribution in [0.3, 0.4) is 0 Å². The van der Waals surface area contributed by atoms with Crippen molar-refractivity contribution in [3.05, 3.63) is 72.1 Å². The summed E-state index contributed by atoms with van der Waals surface area (Å²) in [7, 11) is 3.22. The number of carbonyl (C=O) groups is 1. The second kappa shape index (κ2) is 9.73. The normalized spacial score (nSPS) is 18.4. The molecule has 2 N–H and O–H groups in total. The van der Waals surface area contributed by atoms with Gasteiger partial charge in [0.2, 0.25) is 0 Å². The molecular formula is C26H30N2O3. The molecule has 1 aliphatic carbocycles. The van der Waals surface area contributed by atoms with Crippen LogP contribution in [0.5, 0.6) is 11.5 Å². The number of benzene rings is 2. The first kappa shape index (κ1) is 21.0. The highest BCUT2D eigenvalue weighted by atomic mass is 16.5. The molecule has 0 saturated heterocycles. The summed E-state index contributed by atoms with van der Waals surface area (Å²) in [5.41, 5.74) is 3.69. The van der Waals surface area contributed by atoms with Gasteiger partial charge < -0.3 is 19.8 Å². The molecule has 1 saturated carbocycles. The Balaban J connectivity index is 1.39. The van der Waals surface area contributed by atoms with Crippen molar-refractivity contribution in [2.45, 2.75) is 31.6 Å². The van der Waals surface area contributed by atoms with Gasteiger partial charge in [-0.05, 0) is 49.1 Å². The van der Waals surface area contributed by atoms with Crippen molar-refractivity contribution in [3.63, 3.8) is 0 Å². The predicted molar refractivity (Wildman–Crippen MR) is 123 cm³/mol. The number of amides is 1. The topological polar surface area (TPSA) is 63.4 Å². The van der Waals surface area contributed by atoms with E-state index in [1.807, 2.05) is 24.4 Å². The molecule has 2 aromatic carbocycles. The maximum atomic E-state index is 13.0. The number of hydrogen-bond acceptors (Lipinski definition) is 3. The zero-order valence-corrected chi connectivity index (χ0v) is 18.2. The van der Waals surface area contributed by atoms with Crippen LogP contribution in [0, 0.1) is 5.92 Å². The molecular weight excluding hydrogens is 388 g/mol. The van der Waals surface area contributed by atoms with Crippen LogP contribution in [0.1, 0.15) is 47.5 Å². The van der Waals surface area contributed by atoms with E-state index in [0.29, 0.717) is 35.4 Å². The van der Waals surface area contributed by atoms with E-state index >= 15 is 0 Å². The first-order valence-electron chi connectivity index (χ1n) is 10.9. The minimum atomic E-state index is -0.0636. The summed E-state index contributed by atoms with van der Waals surface area (Å²) in [6, 6.07) is 16.4. The molecule has 31 heavy (non-hydrogen) atoms. The van der Waals surface area contributed by atoms with E-state index in [9.17, 15) is 4.79 Å². The van der Waals surface area contributed by atoms with E-state index < -0.39 is 0 Å². The van der Waals surface area contributed by atoms with Crippen LogP contribution < -0.4 is 14.8 Å². The number of aromatic nitrogens is 1. The van der Waals surface area contributed by atoms with Gasteiger partial charge in [-0.2, -0.15) is 0 Å². The molecule has 0 bridgehead atoms. The van der Waals surface area contributed by atoms with Gasteiger partial charge in [-0.25, -0.2) is 0 Å². The second-order valence-electron chi connectivity index (χ2n) is 8.16. The summed E-state index contributed by atoms with van der Waals surface area (Å²) in [6.45, 7) is 0.709. The average molecular weight is 419 g/mol. The van der Waals surface area contributed by atoms with E-state index in [1.165, 1.54) is 18.4 Å². The number of ether oxygens (including phenoxy) is 2. The van der Waals surface area contributed by atoms with Crippen molar-refractivity contribution >= 4 is 5.91 Å². The molecule has 1 aromatic heterocycles. The van der Waals surface area contributed by atoms with E-state index in [1.54, 1.807) is 20.4 Å². The number of para-hydroxylation sites is 1. The van der Waals surface area contributed by atoms with Gasteiger partial charge in [0, 0.05) is 30.1 Å². The molecule has 5 nitrogen and oxygen atoms in total. The molecule has 0 aliphatic heterocycles. The SMILES string of the molecule is COc1cccc(-c2c[nH]cc2C(=O)NCC2CCC(c3ccccc3)CC2)c1OC. The summed E-state index contributed by atoms with van der Waals surface area (Å²) >= 11 is 0. The molecule has 5 heteroatoms. The van der Waals surface area contributed by atoms with E-state index in [0.717, 1.165) is 24.0 Å². The highest BCUT2D eigenvalue weighted by molar-refractivity contribution is 6.01. The third-order valence-electron chi connectivity index (χ3n) is 6.35. The minimum absolute atomic E-state index is 0.0636. The van der Waals surface area contributed by atoms with Crippen molar-refractivity contribution < 1.29 is 14.3 Å². The van der Waals surface area contributed by atoms with Crippen LogP contribution in [0.4, 0.5) is 0 Å². The molecule has 0 atom stereocenters. The first-order valence-corrected chi connectivity index (χ1v) is 10.9. The fraction of sp³-hybridized carbons (Fsp3) is 0.346. The Morgan fingerprint density at radius 1 is 0.935 bits per heavy atom. The molecule has 0 spiro atoms. The third-order valence-corrected chi connectivity index (χ3v) is 6.35. The lowest BCUT2D eigenvalue weighted by atomic mass is 9.78. The van der Waals surface area contributed by atoms with Crippen molar-refractivity contribution in [2.24, 2.45) is 5.92 Å². The number of methoxy groups -OCH3 is 2. The molecule has 162 valence electrons. The molecule has 1 amide bonds. The quantitative estimate of drug-likeness (QED) is 0.540. The van der Waals surface area contributed by atoms with Crippen molar-refractivity contribution in [3.8, 4) is 22.6 Å². The highest BCUT2D eigenvalue weighted by Gasteiger charge is 2.24. The summed E-state index contributed by atoms with van der Waals surface area (Å²) in [5, 5.41) is 3.15. The number of hydrogen-bond donors (Lipinski definition) is 2. The van der Waals surface area contributed by atoms with Gasteiger partial charge in [-0.15, -0.1) is 0 Å². The smallest absolute Gasteiger partial charge is 0.253 e. The largest absolute Gasteiger partial charge is 0.493 e. The monoisotopic (exact) mass is 418 g/mol. The highest BCUT2D eigenvalue weighted by Crippen LogP contribution is 2.39. The second-order valence-corrected chi connectivity index (χ2v) is 8.16. The summed E-state index contributed by atoms with van der Waals surface area (Å²) < 4.78 is 11.0. The molecule has 3 aromatic rings. The Morgan fingerprint density at radius 2 is 1.71 bits per heavy atom. The lowest BCUT2D eigenvalue weighted by Crippen LogP contribution is -2.31.